The third kappa shape index (κ3) is 3.26. The average Bonchev–Trinajstić information content (AvgIpc) is 3.56. The van der Waals surface area contributed by atoms with Gasteiger partial charge in [-0.15, -0.1) is 0 Å². The summed E-state index contributed by atoms with van der Waals surface area (Å²) in [5.74, 6) is 0.756. The second kappa shape index (κ2) is 7.87. The predicted octanol–water partition coefficient (Wildman–Crippen LogP) is 3.15. The van der Waals surface area contributed by atoms with Crippen LogP contribution in [0.5, 0.6) is 0 Å². The Labute approximate surface area is 206 Å². The van der Waals surface area contributed by atoms with Crippen molar-refractivity contribution in [1.29, 1.82) is 0 Å². The molecule has 0 spiro atoms. The molecule has 0 aliphatic carbocycles. The van der Waals surface area contributed by atoms with E-state index in [1.54, 1.807) is 24.8 Å². The minimum Gasteiger partial charge on any atom is -0.383 e. The van der Waals surface area contributed by atoms with Gasteiger partial charge < -0.3 is 21.4 Å². The summed E-state index contributed by atoms with van der Waals surface area (Å²) in [6.07, 6.45) is 9.97. The van der Waals surface area contributed by atoms with Crippen molar-refractivity contribution in [1.82, 2.24) is 34.4 Å². The van der Waals surface area contributed by atoms with E-state index in [0.717, 1.165) is 29.7 Å². The largest absolute Gasteiger partial charge is 0.383 e. The van der Waals surface area contributed by atoms with Gasteiger partial charge in [0.05, 0.1) is 17.5 Å². The van der Waals surface area contributed by atoms with Gasteiger partial charge in [-0.2, -0.15) is 9.61 Å². The molecule has 4 aromatic heterocycles. The molecule has 1 unspecified atom stereocenters. The first-order valence-electron chi connectivity index (χ1n) is 12.0. The molecular weight excluding hydrogens is 458 g/mol. The van der Waals surface area contributed by atoms with E-state index in [4.69, 9.17) is 16.5 Å². The van der Waals surface area contributed by atoms with Gasteiger partial charge in [-0.25, -0.2) is 14.8 Å². The number of H-pyrrole nitrogens is 1. The molecule has 0 saturated carbocycles. The SMILES string of the molecule is CC(=O)c1c([C@H]2C[C@@H]3CCC(C)(C2)N3C(N)=O)nc2c(-c3ccc(-c4ncc[nH]4)nc3)cnn2c1N. The third-order valence-electron chi connectivity index (χ3n) is 7.71. The molecule has 0 radical (unpaired) electrons. The molecule has 3 atom stereocenters. The highest BCUT2D eigenvalue weighted by molar-refractivity contribution is 6.00. The van der Waals surface area contributed by atoms with E-state index < -0.39 is 6.03 Å². The molecule has 6 heterocycles. The standard InChI is InChI=1S/C25H27N9O2/c1-13(35)19-20(15-9-16-5-6-25(2,10-15)33(16)24(27)36)32-23-17(12-31-34(23)21(19)26)14-3-4-18(30-11-14)22-28-7-8-29-22/h3-4,7-8,11-12,15-16H,5-6,9-10,26H2,1-2H3,(H2,27,36)(H,28,29)/t15-,16-,25?/m0/s1. The lowest BCUT2D eigenvalue weighted by atomic mass is 9.79. The molecule has 4 aromatic rings. The number of piperidine rings is 1. The molecule has 0 aromatic carbocycles. The number of Topliss-reactive ketones (excluding diaryl/α,β-unsaturated/α-hetero) is 1. The van der Waals surface area contributed by atoms with E-state index in [-0.39, 0.29) is 29.1 Å². The highest BCUT2D eigenvalue weighted by Crippen LogP contribution is 2.50. The van der Waals surface area contributed by atoms with Gasteiger partial charge in [0, 0.05) is 47.2 Å². The number of rotatable bonds is 4. The zero-order valence-electron chi connectivity index (χ0n) is 20.1. The lowest BCUT2D eigenvalue weighted by molar-refractivity contribution is 0.0885. The smallest absolute Gasteiger partial charge is 0.315 e. The molecule has 2 fully saturated rings. The lowest BCUT2D eigenvalue weighted by Gasteiger charge is -2.45. The Balaban J connectivity index is 1.45. The van der Waals surface area contributed by atoms with Gasteiger partial charge in [0.25, 0.3) is 0 Å². The van der Waals surface area contributed by atoms with Crippen LogP contribution in [0, 0.1) is 0 Å². The summed E-state index contributed by atoms with van der Waals surface area (Å²) in [6, 6.07) is 3.44. The Hall–Kier alpha value is -4.28. The van der Waals surface area contributed by atoms with Crippen LogP contribution in [0.1, 0.15) is 61.5 Å². The number of aromatic nitrogens is 6. The monoisotopic (exact) mass is 485 g/mol. The fraction of sp³-hybridized carbons (Fsp3) is 0.360. The van der Waals surface area contributed by atoms with E-state index in [2.05, 4.69) is 27.0 Å². The van der Waals surface area contributed by atoms with E-state index in [9.17, 15) is 9.59 Å². The van der Waals surface area contributed by atoms with Crippen molar-refractivity contribution in [3.8, 4) is 22.6 Å². The number of carbonyl (C=O) groups excluding carboxylic acids is 2. The van der Waals surface area contributed by atoms with Crippen molar-refractivity contribution in [2.45, 2.75) is 57.0 Å². The molecule has 2 saturated heterocycles. The van der Waals surface area contributed by atoms with Gasteiger partial charge in [-0.05, 0) is 45.6 Å². The number of carbonyl (C=O) groups is 2. The number of urea groups is 1. The highest BCUT2D eigenvalue weighted by atomic mass is 16.2. The number of hydrogen-bond donors (Lipinski definition) is 3. The summed E-state index contributed by atoms with van der Waals surface area (Å²) in [6.45, 7) is 3.56. The predicted molar refractivity (Wildman–Crippen MR) is 133 cm³/mol. The first-order valence-corrected chi connectivity index (χ1v) is 12.0. The van der Waals surface area contributed by atoms with Crippen molar-refractivity contribution in [3.05, 3.63) is 48.2 Å². The van der Waals surface area contributed by atoms with Crippen LogP contribution in [0.2, 0.25) is 0 Å². The van der Waals surface area contributed by atoms with Crippen molar-refractivity contribution >= 4 is 23.3 Å². The zero-order chi connectivity index (χ0) is 25.2. The van der Waals surface area contributed by atoms with Gasteiger partial charge >= 0.3 is 6.03 Å². The van der Waals surface area contributed by atoms with Gasteiger partial charge in [0.1, 0.15) is 11.5 Å². The Morgan fingerprint density at radius 1 is 1.22 bits per heavy atom. The molecule has 6 rings (SSSR count). The number of nitrogens with zero attached hydrogens (tertiary/aromatic N) is 6. The van der Waals surface area contributed by atoms with Crippen LogP contribution in [0.4, 0.5) is 10.6 Å². The maximum Gasteiger partial charge on any atom is 0.315 e. The summed E-state index contributed by atoms with van der Waals surface area (Å²) in [4.78, 5) is 43.6. The number of ketones is 1. The third-order valence-corrected chi connectivity index (χ3v) is 7.71. The number of imidazole rings is 1. The number of aromatic amines is 1. The molecule has 2 bridgehead atoms. The summed E-state index contributed by atoms with van der Waals surface area (Å²) in [7, 11) is 0. The topological polar surface area (TPSA) is 161 Å². The Morgan fingerprint density at radius 2 is 2.06 bits per heavy atom. The number of nitrogen functional groups attached to an aromatic ring is 1. The van der Waals surface area contributed by atoms with E-state index >= 15 is 0 Å². The van der Waals surface area contributed by atoms with Gasteiger partial charge in [-0.1, -0.05) is 6.07 Å². The van der Waals surface area contributed by atoms with Crippen LogP contribution >= 0.6 is 0 Å². The summed E-state index contributed by atoms with van der Waals surface area (Å²) >= 11 is 0. The van der Waals surface area contributed by atoms with Crippen LogP contribution in [0.25, 0.3) is 28.3 Å². The number of fused-ring (bicyclic) bond motifs is 3. The summed E-state index contributed by atoms with van der Waals surface area (Å²) < 4.78 is 1.52. The lowest BCUT2D eigenvalue weighted by Crippen LogP contribution is -2.55. The van der Waals surface area contributed by atoms with Crippen LogP contribution in [0.15, 0.2) is 36.9 Å². The van der Waals surface area contributed by atoms with E-state index in [1.165, 1.54) is 11.4 Å². The number of nitrogens with one attached hydrogen (secondary N) is 1. The fourth-order valence-electron chi connectivity index (χ4n) is 6.18. The number of hydrogen-bond acceptors (Lipinski definition) is 7. The second-order valence-electron chi connectivity index (χ2n) is 10.0. The number of amides is 2. The summed E-state index contributed by atoms with van der Waals surface area (Å²) in [5.41, 5.74) is 15.8. The minimum atomic E-state index is -0.392. The molecule has 184 valence electrons. The van der Waals surface area contributed by atoms with Crippen LogP contribution < -0.4 is 11.5 Å². The molecule has 36 heavy (non-hydrogen) atoms. The highest BCUT2D eigenvalue weighted by Gasteiger charge is 2.51. The maximum absolute atomic E-state index is 12.8. The van der Waals surface area contributed by atoms with E-state index in [0.29, 0.717) is 35.6 Å². The first kappa shape index (κ1) is 22.2. The molecule has 2 amide bonds. The second-order valence-corrected chi connectivity index (χ2v) is 10.0. The van der Waals surface area contributed by atoms with Crippen molar-refractivity contribution in [2.75, 3.05) is 5.73 Å². The van der Waals surface area contributed by atoms with Gasteiger partial charge in [-0.3, -0.25) is 9.78 Å². The normalized spacial score (nSPS) is 23.3. The summed E-state index contributed by atoms with van der Waals surface area (Å²) in [5, 5.41) is 4.45. The van der Waals surface area contributed by atoms with Crippen molar-refractivity contribution < 1.29 is 9.59 Å². The van der Waals surface area contributed by atoms with Crippen LogP contribution in [0.3, 0.4) is 0 Å². The van der Waals surface area contributed by atoms with Crippen LogP contribution in [-0.2, 0) is 0 Å². The fourth-order valence-corrected chi connectivity index (χ4v) is 6.18. The number of pyridine rings is 1. The molecule has 2 aliphatic heterocycles. The molecule has 11 nitrogen and oxygen atoms in total. The average molecular weight is 486 g/mol. The Kier molecular flexibility index (Phi) is 4.85. The van der Waals surface area contributed by atoms with Crippen molar-refractivity contribution in [3.63, 3.8) is 0 Å². The molecule has 5 N–H and O–H groups in total. The van der Waals surface area contributed by atoms with Crippen LogP contribution in [-0.4, -0.2) is 57.8 Å². The Bertz CT molecular complexity index is 1490. The Morgan fingerprint density at radius 3 is 2.69 bits per heavy atom. The molecular formula is C25H27N9O2. The zero-order valence-corrected chi connectivity index (χ0v) is 20.1. The first-order chi connectivity index (χ1) is 17.3. The number of anilines is 1. The number of nitrogens with two attached hydrogens (primary N) is 2. The van der Waals surface area contributed by atoms with Gasteiger partial charge in [0.2, 0.25) is 0 Å². The van der Waals surface area contributed by atoms with E-state index in [1.807, 2.05) is 17.0 Å². The molecule has 11 heteroatoms. The number of primary amides is 1. The van der Waals surface area contributed by atoms with Gasteiger partial charge in [0.15, 0.2) is 17.3 Å². The molecule has 2 aliphatic rings. The minimum absolute atomic E-state index is 0.0213. The quantitative estimate of drug-likeness (QED) is 0.374. The maximum atomic E-state index is 12.8. The van der Waals surface area contributed by atoms with Crippen molar-refractivity contribution in [2.24, 2.45) is 5.73 Å².